The highest BCUT2D eigenvalue weighted by Gasteiger charge is 2.05. The predicted molar refractivity (Wildman–Crippen MR) is 72.7 cm³/mol. The zero-order chi connectivity index (χ0) is 14.3. The fraction of sp³-hybridized carbons (Fsp3) is 0.308. The number of hydrogen-bond donors (Lipinski definition) is 3. The number of hydrogen-bond acceptors (Lipinski definition) is 3. The van der Waals surface area contributed by atoms with Crippen LogP contribution in [0.5, 0.6) is 0 Å². The van der Waals surface area contributed by atoms with E-state index in [9.17, 15) is 14.4 Å². The van der Waals surface area contributed by atoms with E-state index in [0.29, 0.717) is 17.8 Å². The third kappa shape index (κ3) is 5.67. The van der Waals surface area contributed by atoms with Gasteiger partial charge in [0.25, 0.3) is 0 Å². The van der Waals surface area contributed by atoms with Crippen LogP contribution in [0.25, 0.3) is 0 Å². The van der Waals surface area contributed by atoms with Crippen molar-refractivity contribution in [1.29, 1.82) is 0 Å². The molecule has 0 atom stereocenters. The van der Waals surface area contributed by atoms with Crippen LogP contribution in [0.2, 0.25) is 0 Å². The Morgan fingerprint density at radius 3 is 2.26 bits per heavy atom. The van der Waals surface area contributed by atoms with Gasteiger partial charge in [-0.25, -0.2) is 0 Å². The zero-order valence-corrected chi connectivity index (χ0v) is 10.9. The highest BCUT2D eigenvalue weighted by molar-refractivity contribution is 5.95. The predicted octanol–water partition coefficient (Wildman–Crippen LogP) is 1.11. The number of nitrogens with one attached hydrogen (secondary N) is 3. The Kier molecular flexibility index (Phi) is 5.53. The quantitative estimate of drug-likeness (QED) is 0.743. The van der Waals surface area contributed by atoms with E-state index in [1.807, 2.05) is 0 Å². The smallest absolute Gasteiger partial charge is 0.243 e. The minimum absolute atomic E-state index is 0.0724. The monoisotopic (exact) mass is 263 g/mol. The van der Waals surface area contributed by atoms with Crippen molar-refractivity contribution in [2.45, 2.75) is 20.3 Å². The van der Waals surface area contributed by atoms with Gasteiger partial charge in [-0.15, -0.1) is 0 Å². The van der Waals surface area contributed by atoms with Crippen LogP contribution in [0.1, 0.15) is 20.3 Å². The molecule has 1 aromatic carbocycles. The third-order valence-corrected chi connectivity index (χ3v) is 2.23. The van der Waals surface area contributed by atoms with Gasteiger partial charge in [0.1, 0.15) is 0 Å². The molecular weight excluding hydrogens is 246 g/mol. The van der Waals surface area contributed by atoms with Crippen LogP contribution in [0, 0.1) is 0 Å². The van der Waals surface area contributed by atoms with Crippen LogP contribution in [-0.2, 0) is 14.4 Å². The summed E-state index contributed by atoms with van der Waals surface area (Å²) in [7, 11) is 0. The van der Waals surface area contributed by atoms with E-state index in [4.69, 9.17) is 0 Å². The van der Waals surface area contributed by atoms with Crippen LogP contribution in [0.4, 0.5) is 11.4 Å². The molecule has 0 saturated carbocycles. The first-order valence-electron chi connectivity index (χ1n) is 5.95. The van der Waals surface area contributed by atoms with Crippen molar-refractivity contribution in [3.63, 3.8) is 0 Å². The second-order valence-electron chi connectivity index (χ2n) is 3.94. The van der Waals surface area contributed by atoms with E-state index in [0.717, 1.165) is 0 Å². The SMILES string of the molecule is CCC(=O)NCC(=O)Nc1cccc(NC(C)=O)c1. The molecule has 0 saturated heterocycles. The summed E-state index contributed by atoms with van der Waals surface area (Å²) in [6.07, 6.45) is 0.339. The number of benzene rings is 1. The van der Waals surface area contributed by atoms with Gasteiger partial charge in [-0.2, -0.15) is 0 Å². The van der Waals surface area contributed by atoms with E-state index >= 15 is 0 Å². The molecular formula is C13H17N3O3. The molecule has 0 heterocycles. The molecule has 0 aliphatic heterocycles. The number of anilines is 2. The van der Waals surface area contributed by atoms with E-state index in [2.05, 4.69) is 16.0 Å². The van der Waals surface area contributed by atoms with Crippen molar-refractivity contribution >= 4 is 29.1 Å². The maximum atomic E-state index is 11.6. The molecule has 0 unspecified atom stereocenters. The average molecular weight is 263 g/mol. The van der Waals surface area contributed by atoms with Crippen LogP contribution in [0.15, 0.2) is 24.3 Å². The van der Waals surface area contributed by atoms with Crippen LogP contribution >= 0.6 is 0 Å². The summed E-state index contributed by atoms with van der Waals surface area (Å²) in [5.74, 6) is -0.678. The lowest BCUT2D eigenvalue weighted by Crippen LogP contribution is -2.32. The molecule has 0 aliphatic carbocycles. The zero-order valence-electron chi connectivity index (χ0n) is 10.9. The molecule has 0 spiro atoms. The molecule has 6 nitrogen and oxygen atoms in total. The molecule has 3 N–H and O–H groups in total. The molecule has 0 fully saturated rings. The number of carbonyl (C=O) groups excluding carboxylic acids is 3. The summed E-state index contributed by atoms with van der Waals surface area (Å²) in [6.45, 7) is 3.05. The van der Waals surface area contributed by atoms with Gasteiger partial charge in [-0.05, 0) is 18.2 Å². The first-order chi connectivity index (χ1) is 9.01. The van der Waals surface area contributed by atoms with Gasteiger partial charge in [-0.3, -0.25) is 14.4 Å². The Labute approximate surface area is 111 Å². The summed E-state index contributed by atoms with van der Waals surface area (Å²) in [5, 5.41) is 7.73. The van der Waals surface area contributed by atoms with Gasteiger partial charge >= 0.3 is 0 Å². The van der Waals surface area contributed by atoms with Gasteiger partial charge in [0.05, 0.1) is 6.54 Å². The normalized spacial score (nSPS) is 9.58. The van der Waals surface area contributed by atoms with Crippen molar-refractivity contribution in [3.8, 4) is 0 Å². The molecule has 0 radical (unpaired) electrons. The number of amides is 3. The van der Waals surface area contributed by atoms with Gasteiger partial charge in [0, 0.05) is 24.7 Å². The summed E-state index contributed by atoms with van der Waals surface area (Å²) in [5.41, 5.74) is 1.16. The molecule has 3 amide bonds. The standard InChI is InChI=1S/C13H17N3O3/c1-3-12(18)14-8-13(19)16-11-6-4-5-10(7-11)15-9(2)17/h4-7H,3,8H2,1-2H3,(H,14,18)(H,15,17)(H,16,19). The molecule has 19 heavy (non-hydrogen) atoms. The largest absolute Gasteiger partial charge is 0.347 e. The highest BCUT2D eigenvalue weighted by atomic mass is 16.2. The average Bonchev–Trinajstić information content (AvgIpc) is 2.35. The third-order valence-electron chi connectivity index (χ3n) is 2.23. The summed E-state index contributed by atoms with van der Waals surface area (Å²) in [6, 6.07) is 6.77. The first-order valence-corrected chi connectivity index (χ1v) is 5.95. The Balaban J connectivity index is 2.54. The highest BCUT2D eigenvalue weighted by Crippen LogP contribution is 2.14. The topological polar surface area (TPSA) is 87.3 Å². The van der Waals surface area contributed by atoms with Crippen molar-refractivity contribution < 1.29 is 14.4 Å². The Morgan fingerprint density at radius 1 is 1.05 bits per heavy atom. The molecule has 102 valence electrons. The number of rotatable bonds is 5. The maximum Gasteiger partial charge on any atom is 0.243 e. The van der Waals surface area contributed by atoms with Crippen LogP contribution < -0.4 is 16.0 Å². The van der Waals surface area contributed by atoms with Crippen LogP contribution in [-0.4, -0.2) is 24.3 Å². The van der Waals surface area contributed by atoms with Gasteiger partial charge in [-0.1, -0.05) is 13.0 Å². The lowest BCUT2D eigenvalue weighted by Gasteiger charge is -2.08. The first kappa shape index (κ1) is 14.7. The Morgan fingerprint density at radius 2 is 1.68 bits per heavy atom. The lowest BCUT2D eigenvalue weighted by atomic mass is 10.2. The van der Waals surface area contributed by atoms with Gasteiger partial charge in [0.15, 0.2) is 0 Å². The summed E-state index contributed by atoms with van der Waals surface area (Å²) in [4.78, 5) is 33.5. The second-order valence-corrected chi connectivity index (χ2v) is 3.94. The van der Waals surface area contributed by atoms with Crippen LogP contribution in [0.3, 0.4) is 0 Å². The lowest BCUT2D eigenvalue weighted by molar-refractivity contribution is -0.123. The fourth-order valence-corrected chi connectivity index (χ4v) is 1.39. The Hall–Kier alpha value is -2.37. The van der Waals surface area contributed by atoms with Crippen molar-refractivity contribution in [2.75, 3.05) is 17.2 Å². The fourth-order valence-electron chi connectivity index (χ4n) is 1.39. The van der Waals surface area contributed by atoms with E-state index < -0.39 is 0 Å². The molecule has 0 aromatic heterocycles. The van der Waals surface area contributed by atoms with Gasteiger partial charge in [0.2, 0.25) is 17.7 Å². The minimum Gasteiger partial charge on any atom is -0.347 e. The van der Waals surface area contributed by atoms with Crippen molar-refractivity contribution in [3.05, 3.63) is 24.3 Å². The molecule has 0 aliphatic rings. The maximum absolute atomic E-state index is 11.6. The summed E-state index contributed by atoms with van der Waals surface area (Å²) < 4.78 is 0. The Bertz CT molecular complexity index is 486. The minimum atomic E-state index is -0.318. The number of carbonyl (C=O) groups is 3. The van der Waals surface area contributed by atoms with Crippen molar-refractivity contribution in [2.24, 2.45) is 0 Å². The summed E-state index contributed by atoms with van der Waals surface area (Å²) >= 11 is 0. The van der Waals surface area contributed by atoms with E-state index in [-0.39, 0.29) is 24.3 Å². The molecule has 1 rings (SSSR count). The molecule has 0 bridgehead atoms. The van der Waals surface area contributed by atoms with E-state index in [1.165, 1.54) is 6.92 Å². The van der Waals surface area contributed by atoms with Gasteiger partial charge < -0.3 is 16.0 Å². The van der Waals surface area contributed by atoms with Crippen molar-refractivity contribution in [1.82, 2.24) is 5.32 Å². The molecule has 1 aromatic rings. The second kappa shape index (κ2) is 7.15. The van der Waals surface area contributed by atoms with E-state index in [1.54, 1.807) is 31.2 Å². The molecule has 6 heteroatoms.